The van der Waals surface area contributed by atoms with Gasteiger partial charge in [-0.15, -0.1) is 0 Å². The fraction of sp³-hybridized carbons (Fsp3) is 0.350. The van der Waals surface area contributed by atoms with Crippen molar-refractivity contribution < 1.29 is 9.53 Å². The number of fused-ring (bicyclic) bond motifs is 1. The van der Waals surface area contributed by atoms with Crippen molar-refractivity contribution in [2.24, 2.45) is 0 Å². The van der Waals surface area contributed by atoms with Crippen LogP contribution in [0.4, 0.5) is 5.69 Å². The van der Waals surface area contributed by atoms with E-state index in [-0.39, 0.29) is 12.0 Å². The van der Waals surface area contributed by atoms with Gasteiger partial charge in [0.1, 0.15) is 0 Å². The van der Waals surface area contributed by atoms with Crippen LogP contribution >= 0.6 is 0 Å². The molecule has 1 aliphatic heterocycles. The van der Waals surface area contributed by atoms with Gasteiger partial charge in [0.25, 0.3) is 0 Å². The van der Waals surface area contributed by atoms with Crippen LogP contribution in [0.2, 0.25) is 0 Å². The molecule has 1 unspecified atom stereocenters. The molecule has 0 spiro atoms. The molecule has 1 atom stereocenters. The number of carbonyl (C=O) groups is 1. The molecule has 4 heteroatoms. The van der Waals surface area contributed by atoms with Crippen LogP contribution in [0.5, 0.6) is 0 Å². The minimum absolute atomic E-state index is 0.0164. The molecule has 0 saturated heterocycles. The highest BCUT2D eigenvalue weighted by Crippen LogP contribution is 2.29. The lowest BCUT2D eigenvalue weighted by atomic mass is 9.95. The number of carbonyl (C=O) groups excluding carboxylic acids is 1. The maximum atomic E-state index is 12.4. The van der Waals surface area contributed by atoms with Crippen LogP contribution in [0.3, 0.4) is 0 Å². The Morgan fingerprint density at radius 2 is 2.08 bits per heavy atom. The molecule has 0 fully saturated rings. The van der Waals surface area contributed by atoms with Gasteiger partial charge in [-0.1, -0.05) is 43.3 Å². The maximum absolute atomic E-state index is 12.4. The van der Waals surface area contributed by atoms with E-state index in [0.29, 0.717) is 13.0 Å². The Hall–Kier alpha value is -2.17. The van der Waals surface area contributed by atoms with Crippen molar-refractivity contribution in [1.29, 1.82) is 0 Å². The zero-order valence-electron chi connectivity index (χ0n) is 14.0. The van der Waals surface area contributed by atoms with E-state index in [0.717, 1.165) is 36.3 Å². The molecule has 0 aliphatic carbocycles. The minimum atomic E-state index is -0.153. The van der Waals surface area contributed by atoms with E-state index in [1.165, 1.54) is 5.56 Å². The van der Waals surface area contributed by atoms with E-state index in [9.17, 15) is 4.79 Å². The van der Waals surface area contributed by atoms with Crippen molar-refractivity contribution in [3.05, 3.63) is 65.2 Å². The van der Waals surface area contributed by atoms with Gasteiger partial charge in [0.15, 0.2) is 0 Å². The van der Waals surface area contributed by atoms with Crippen molar-refractivity contribution >= 4 is 11.6 Å². The highest BCUT2D eigenvalue weighted by molar-refractivity contribution is 5.91. The number of nitrogens with one attached hydrogen (secondary N) is 2. The number of rotatable bonds is 6. The molecule has 0 radical (unpaired) electrons. The summed E-state index contributed by atoms with van der Waals surface area (Å²) in [5, 5.41) is 6.28. The predicted octanol–water partition coefficient (Wildman–Crippen LogP) is 3.44. The van der Waals surface area contributed by atoms with Gasteiger partial charge in [-0.2, -0.15) is 0 Å². The SMILES string of the molecule is CCNCc1cccc(NC(=O)CC2OCCc3ccccc32)c1. The molecule has 0 bridgehead atoms. The Balaban J connectivity index is 1.62. The number of benzene rings is 2. The van der Waals surface area contributed by atoms with Gasteiger partial charge in [-0.05, 0) is 41.8 Å². The van der Waals surface area contributed by atoms with E-state index in [1.807, 2.05) is 30.3 Å². The Labute approximate surface area is 143 Å². The number of anilines is 1. The van der Waals surface area contributed by atoms with E-state index < -0.39 is 0 Å². The summed E-state index contributed by atoms with van der Waals surface area (Å²) in [7, 11) is 0. The fourth-order valence-corrected chi connectivity index (χ4v) is 3.05. The first-order valence-corrected chi connectivity index (χ1v) is 8.55. The normalized spacial score (nSPS) is 16.5. The van der Waals surface area contributed by atoms with Crippen LogP contribution in [0, 0.1) is 0 Å². The molecule has 126 valence electrons. The zero-order valence-corrected chi connectivity index (χ0v) is 14.0. The Morgan fingerprint density at radius 3 is 2.96 bits per heavy atom. The molecule has 4 nitrogen and oxygen atoms in total. The zero-order chi connectivity index (χ0) is 16.8. The van der Waals surface area contributed by atoms with Crippen LogP contribution in [-0.4, -0.2) is 19.1 Å². The van der Waals surface area contributed by atoms with Gasteiger partial charge in [0.2, 0.25) is 5.91 Å². The number of hydrogen-bond acceptors (Lipinski definition) is 3. The number of hydrogen-bond donors (Lipinski definition) is 2. The molecule has 2 N–H and O–H groups in total. The molecule has 24 heavy (non-hydrogen) atoms. The summed E-state index contributed by atoms with van der Waals surface area (Å²) >= 11 is 0. The van der Waals surface area contributed by atoms with E-state index in [2.05, 4.69) is 35.8 Å². The van der Waals surface area contributed by atoms with Crippen molar-refractivity contribution in [2.45, 2.75) is 32.4 Å². The van der Waals surface area contributed by atoms with Crippen molar-refractivity contribution in [1.82, 2.24) is 5.32 Å². The molecule has 2 aromatic rings. The van der Waals surface area contributed by atoms with Gasteiger partial charge in [-0.25, -0.2) is 0 Å². The third-order valence-electron chi connectivity index (χ3n) is 4.25. The number of ether oxygens (including phenoxy) is 1. The van der Waals surface area contributed by atoms with Gasteiger partial charge in [-0.3, -0.25) is 4.79 Å². The lowest BCUT2D eigenvalue weighted by molar-refractivity contribution is -0.119. The maximum Gasteiger partial charge on any atom is 0.227 e. The van der Waals surface area contributed by atoms with Crippen molar-refractivity contribution in [3.8, 4) is 0 Å². The molecule has 2 aromatic carbocycles. The molecule has 3 rings (SSSR count). The average Bonchev–Trinajstić information content (AvgIpc) is 2.60. The van der Waals surface area contributed by atoms with Gasteiger partial charge in [0, 0.05) is 12.2 Å². The molecule has 1 amide bonds. The minimum Gasteiger partial charge on any atom is -0.373 e. The monoisotopic (exact) mass is 324 g/mol. The smallest absolute Gasteiger partial charge is 0.227 e. The lowest BCUT2D eigenvalue weighted by Gasteiger charge is -2.25. The third kappa shape index (κ3) is 4.22. The highest BCUT2D eigenvalue weighted by atomic mass is 16.5. The molecule has 1 aliphatic rings. The summed E-state index contributed by atoms with van der Waals surface area (Å²) < 4.78 is 5.82. The number of amides is 1. The first kappa shape index (κ1) is 16.7. The quantitative estimate of drug-likeness (QED) is 0.856. The van der Waals surface area contributed by atoms with Crippen molar-refractivity contribution in [2.75, 3.05) is 18.5 Å². The molecule has 1 heterocycles. The topological polar surface area (TPSA) is 50.4 Å². The van der Waals surface area contributed by atoms with Crippen molar-refractivity contribution in [3.63, 3.8) is 0 Å². The first-order valence-electron chi connectivity index (χ1n) is 8.55. The second kappa shape index (κ2) is 8.08. The van der Waals surface area contributed by atoms with Crippen LogP contribution < -0.4 is 10.6 Å². The Kier molecular flexibility index (Phi) is 5.62. The standard InChI is InChI=1S/C20H24N2O2/c1-2-21-14-15-6-5-8-17(12-15)22-20(23)13-19-18-9-4-3-7-16(18)10-11-24-19/h3-9,12,19,21H,2,10-11,13-14H2,1H3,(H,22,23). The summed E-state index contributed by atoms with van der Waals surface area (Å²) in [6.07, 6.45) is 1.11. The lowest BCUT2D eigenvalue weighted by Crippen LogP contribution is -2.22. The van der Waals surface area contributed by atoms with Crippen LogP contribution in [0.25, 0.3) is 0 Å². The fourth-order valence-electron chi connectivity index (χ4n) is 3.05. The van der Waals surface area contributed by atoms with E-state index in [4.69, 9.17) is 4.74 Å². The summed E-state index contributed by atoms with van der Waals surface area (Å²) in [5.41, 5.74) is 4.42. The highest BCUT2D eigenvalue weighted by Gasteiger charge is 2.23. The van der Waals surface area contributed by atoms with E-state index >= 15 is 0 Å². The second-order valence-corrected chi connectivity index (χ2v) is 6.04. The van der Waals surface area contributed by atoms with Crippen LogP contribution in [0.15, 0.2) is 48.5 Å². The summed E-state index contributed by atoms with van der Waals surface area (Å²) in [6.45, 7) is 4.48. The van der Waals surface area contributed by atoms with Crippen LogP contribution in [0.1, 0.15) is 36.1 Å². The van der Waals surface area contributed by atoms with E-state index in [1.54, 1.807) is 0 Å². The average molecular weight is 324 g/mol. The summed E-state index contributed by atoms with van der Waals surface area (Å²) in [6, 6.07) is 16.2. The second-order valence-electron chi connectivity index (χ2n) is 6.04. The van der Waals surface area contributed by atoms with Gasteiger partial charge < -0.3 is 15.4 Å². The van der Waals surface area contributed by atoms with Gasteiger partial charge >= 0.3 is 0 Å². The van der Waals surface area contributed by atoms with Crippen LogP contribution in [-0.2, 0) is 22.5 Å². The Bertz CT molecular complexity index is 700. The summed E-state index contributed by atoms with van der Waals surface area (Å²) in [4.78, 5) is 12.4. The Morgan fingerprint density at radius 1 is 1.21 bits per heavy atom. The van der Waals surface area contributed by atoms with Gasteiger partial charge in [0.05, 0.1) is 19.1 Å². The molecular weight excluding hydrogens is 300 g/mol. The predicted molar refractivity (Wildman–Crippen MR) is 95.9 cm³/mol. The largest absolute Gasteiger partial charge is 0.373 e. The first-order chi connectivity index (χ1) is 11.8. The molecule has 0 aromatic heterocycles. The third-order valence-corrected chi connectivity index (χ3v) is 4.25. The molecular formula is C20H24N2O2. The summed E-state index contributed by atoms with van der Waals surface area (Å²) in [5.74, 6) is -0.0164. The molecule has 0 saturated carbocycles.